The predicted octanol–water partition coefficient (Wildman–Crippen LogP) is 2.18. The van der Waals surface area contributed by atoms with E-state index in [1.165, 1.54) is 0 Å². The Hall–Kier alpha value is -0.580. The largest absolute Gasteiger partial charge is 0.354 e. The van der Waals surface area contributed by atoms with E-state index >= 15 is 0 Å². The van der Waals surface area contributed by atoms with Crippen LogP contribution in [0.5, 0.6) is 0 Å². The number of nitrogens with two attached hydrogens (primary N) is 1. The summed E-state index contributed by atoms with van der Waals surface area (Å²) in [5, 5.41) is 2.72. The molecular formula is C11H16BrClN2O. The van der Waals surface area contributed by atoms with Gasteiger partial charge >= 0.3 is 0 Å². The van der Waals surface area contributed by atoms with E-state index in [-0.39, 0.29) is 18.3 Å². The smallest absolute Gasteiger partial charge is 0.244 e. The predicted molar refractivity (Wildman–Crippen MR) is 71.6 cm³/mol. The SMILES string of the molecule is CCNC(=O)C(C)(N)c1ccc(Br)cc1.Cl. The first-order valence-electron chi connectivity index (χ1n) is 4.81. The van der Waals surface area contributed by atoms with Crippen molar-refractivity contribution in [3.05, 3.63) is 34.3 Å². The Labute approximate surface area is 110 Å². The highest BCUT2D eigenvalue weighted by Crippen LogP contribution is 2.20. The van der Waals surface area contributed by atoms with E-state index in [1.54, 1.807) is 6.92 Å². The number of hydrogen-bond acceptors (Lipinski definition) is 2. The maximum atomic E-state index is 11.7. The third-order valence-corrected chi connectivity index (χ3v) is 2.78. The van der Waals surface area contributed by atoms with E-state index in [1.807, 2.05) is 31.2 Å². The van der Waals surface area contributed by atoms with Crippen molar-refractivity contribution in [1.82, 2.24) is 5.32 Å². The van der Waals surface area contributed by atoms with E-state index in [2.05, 4.69) is 21.2 Å². The summed E-state index contributed by atoms with van der Waals surface area (Å²) in [5.41, 5.74) is 5.82. The van der Waals surface area contributed by atoms with Gasteiger partial charge < -0.3 is 11.1 Å². The Morgan fingerprint density at radius 3 is 2.38 bits per heavy atom. The molecule has 0 saturated heterocycles. The summed E-state index contributed by atoms with van der Waals surface area (Å²) in [6, 6.07) is 7.44. The molecule has 3 N–H and O–H groups in total. The standard InChI is InChI=1S/C11H15BrN2O.ClH/c1-3-14-10(15)11(2,13)8-4-6-9(12)7-5-8;/h4-7H,3,13H2,1-2H3,(H,14,15);1H. The van der Waals surface area contributed by atoms with Crippen molar-refractivity contribution in [2.75, 3.05) is 6.54 Å². The summed E-state index contributed by atoms with van der Waals surface area (Å²) < 4.78 is 0.970. The Kier molecular flexibility index (Phi) is 6.00. The monoisotopic (exact) mass is 306 g/mol. The average Bonchev–Trinajstić information content (AvgIpc) is 2.18. The molecule has 1 aromatic rings. The van der Waals surface area contributed by atoms with Gasteiger partial charge in [0.2, 0.25) is 5.91 Å². The highest BCUT2D eigenvalue weighted by molar-refractivity contribution is 9.10. The molecule has 16 heavy (non-hydrogen) atoms. The lowest BCUT2D eigenvalue weighted by atomic mass is 9.92. The number of carbonyl (C=O) groups is 1. The number of nitrogens with one attached hydrogen (secondary N) is 1. The molecule has 0 aromatic heterocycles. The van der Waals surface area contributed by atoms with E-state index < -0.39 is 5.54 Å². The molecule has 90 valence electrons. The molecule has 1 aromatic carbocycles. The van der Waals surface area contributed by atoms with Crippen molar-refractivity contribution < 1.29 is 4.79 Å². The van der Waals surface area contributed by atoms with Crippen LogP contribution in [0.2, 0.25) is 0 Å². The number of benzene rings is 1. The van der Waals surface area contributed by atoms with Crippen molar-refractivity contribution in [3.63, 3.8) is 0 Å². The van der Waals surface area contributed by atoms with Gasteiger partial charge in [-0.05, 0) is 31.5 Å². The second-order valence-corrected chi connectivity index (χ2v) is 4.48. The minimum atomic E-state index is -0.975. The van der Waals surface area contributed by atoms with Crippen LogP contribution in [0.25, 0.3) is 0 Å². The molecule has 3 nitrogen and oxygen atoms in total. The first kappa shape index (κ1) is 15.4. The summed E-state index contributed by atoms with van der Waals surface area (Å²) in [6.45, 7) is 4.17. The zero-order chi connectivity index (χ0) is 11.5. The van der Waals surface area contributed by atoms with Crippen molar-refractivity contribution in [2.45, 2.75) is 19.4 Å². The molecule has 0 aliphatic rings. The van der Waals surface area contributed by atoms with E-state index in [4.69, 9.17) is 5.73 Å². The number of carbonyl (C=O) groups excluding carboxylic acids is 1. The van der Waals surface area contributed by atoms with E-state index in [9.17, 15) is 4.79 Å². The van der Waals surface area contributed by atoms with Crippen LogP contribution in [0, 0.1) is 0 Å². The molecule has 1 amide bonds. The highest BCUT2D eigenvalue weighted by atomic mass is 79.9. The van der Waals surface area contributed by atoms with Gasteiger partial charge in [-0.15, -0.1) is 12.4 Å². The molecule has 0 saturated carbocycles. The molecule has 0 aliphatic heterocycles. The van der Waals surface area contributed by atoms with Gasteiger partial charge in [-0.25, -0.2) is 0 Å². The summed E-state index contributed by atoms with van der Waals surface area (Å²) in [5.74, 6) is -0.160. The van der Waals surface area contributed by atoms with Crippen molar-refractivity contribution in [3.8, 4) is 0 Å². The van der Waals surface area contributed by atoms with Crippen LogP contribution in [0.3, 0.4) is 0 Å². The lowest BCUT2D eigenvalue weighted by molar-refractivity contribution is -0.126. The number of hydrogen-bond donors (Lipinski definition) is 2. The van der Waals surface area contributed by atoms with Crippen LogP contribution >= 0.6 is 28.3 Å². The van der Waals surface area contributed by atoms with Gasteiger partial charge in [-0.3, -0.25) is 4.79 Å². The molecule has 0 radical (unpaired) electrons. The normalized spacial score (nSPS) is 13.5. The van der Waals surface area contributed by atoms with Crippen LogP contribution in [0.1, 0.15) is 19.4 Å². The summed E-state index contributed by atoms with van der Waals surface area (Å²) >= 11 is 3.34. The van der Waals surface area contributed by atoms with Crippen molar-refractivity contribution in [2.24, 2.45) is 5.73 Å². The molecule has 0 aliphatic carbocycles. The van der Waals surface area contributed by atoms with Gasteiger partial charge in [-0.1, -0.05) is 28.1 Å². The Bertz CT molecular complexity index is 352. The molecular weight excluding hydrogens is 291 g/mol. The summed E-state index contributed by atoms with van der Waals surface area (Å²) in [7, 11) is 0. The molecule has 0 heterocycles. The first-order chi connectivity index (χ1) is 6.98. The zero-order valence-corrected chi connectivity index (χ0v) is 11.7. The molecule has 0 spiro atoms. The third-order valence-electron chi connectivity index (χ3n) is 2.25. The lowest BCUT2D eigenvalue weighted by Gasteiger charge is -2.23. The van der Waals surface area contributed by atoms with Crippen LogP contribution in [-0.4, -0.2) is 12.5 Å². The maximum Gasteiger partial charge on any atom is 0.244 e. The van der Waals surface area contributed by atoms with Crippen LogP contribution in [0.4, 0.5) is 0 Å². The van der Waals surface area contributed by atoms with Crippen LogP contribution in [0.15, 0.2) is 28.7 Å². The molecule has 1 rings (SSSR count). The molecule has 1 unspecified atom stereocenters. The Morgan fingerprint density at radius 2 is 1.94 bits per heavy atom. The molecule has 0 fully saturated rings. The second-order valence-electron chi connectivity index (χ2n) is 3.57. The quantitative estimate of drug-likeness (QED) is 0.899. The lowest BCUT2D eigenvalue weighted by Crippen LogP contribution is -2.48. The zero-order valence-electron chi connectivity index (χ0n) is 9.29. The Morgan fingerprint density at radius 1 is 1.44 bits per heavy atom. The fourth-order valence-electron chi connectivity index (χ4n) is 1.27. The van der Waals surface area contributed by atoms with Crippen molar-refractivity contribution >= 4 is 34.2 Å². The maximum absolute atomic E-state index is 11.7. The molecule has 5 heteroatoms. The summed E-state index contributed by atoms with van der Waals surface area (Å²) in [6.07, 6.45) is 0. The highest BCUT2D eigenvalue weighted by Gasteiger charge is 2.29. The van der Waals surface area contributed by atoms with Gasteiger partial charge in [0.05, 0.1) is 0 Å². The van der Waals surface area contributed by atoms with Gasteiger partial charge in [0, 0.05) is 11.0 Å². The minimum Gasteiger partial charge on any atom is -0.354 e. The summed E-state index contributed by atoms with van der Waals surface area (Å²) in [4.78, 5) is 11.7. The number of likely N-dealkylation sites (N-methyl/N-ethyl adjacent to an activating group) is 1. The van der Waals surface area contributed by atoms with E-state index in [0.717, 1.165) is 10.0 Å². The van der Waals surface area contributed by atoms with Gasteiger partial charge in [0.1, 0.15) is 5.54 Å². The number of rotatable bonds is 3. The van der Waals surface area contributed by atoms with Crippen LogP contribution in [-0.2, 0) is 10.3 Å². The fourth-order valence-corrected chi connectivity index (χ4v) is 1.54. The average molecular weight is 308 g/mol. The van der Waals surface area contributed by atoms with Gasteiger partial charge in [0.25, 0.3) is 0 Å². The first-order valence-corrected chi connectivity index (χ1v) is 5.61. The fraction of sp³-hybridized carbons (Fsp3) is 0.364. The van der Waals surface area contributed by atoms with Crippen LogP contribution < -0.4 is 11.1 Å². The molecule has 1 atom stereocenters. The third kappa shape index (κ3) is 3.47. The Balaban J connectivity index is 0.00000225. The number of amides is 1. The van der Waals surface area contributed by atoms with Gasteiger partial charge in [-0.2, -0.15) is 0 Å². The second kappa shape index (κ2) is 6.23. The topological polar surface area (TPSA) is 55.1 Å². The number of halogens is 2. The van der Waals surface area contributed by atoms with Gasteiger partial charge in [0.15, 0.2) is 0 Å². The molecule has 0 bridgehead atoms. The minimum absolute atomic E-state index is 0. The van der Waals surface area contributed by atoms with Crippen molar-refractivity contribution in [1.29, 1.82) is 0 Å². The van der Waals surface area contributed by atoms with E-state index in [0.29, 0.717) is 6.54 Å².